The molecule has 1 nitrogen and oxygen atoms in total. The average molecular weight is 319 g/mol. The fourth-order valence-electron chi connectivity index (χ4n) is 1.94. The molecule has 0 atom stereocenters. The summed E-state index contributed by atoms with van der Waals surface area (Å²) in [4.78, 5) is 4.65. The summed E-state index contributed by atoms with van der Waals surface area (Å²) in [5.41, 5.74) is 2.84. The highest BCUT2D eigenvalue weighted by Crippen LogP contribution is 2.31. The van der Waals surface area contributed by atoms with Gasteiger partial charge in [-0.25, -0.2) is 4.98 Å². The lowest BCUT2D eigenvalue weighted by Gasteiger charge is -2.07. The number of benzene rings is 2. The molecule has 0 aliphatic heterocycles. The van der Waals surface area contributed by atoms with Crippen LogP contribution in [0.3, 0.4) is 0 Å². The second-order valence-corrected chi connectivity index (χ2v) is 5.25. The number of rotatable bonds is 1. The minimum absolute atomic E-state index is 0.728. The molecule has 0 N–H and O–H groups in total. The molecule has 0 aliphatic carbocycles. The van der Waals surface area contributed by atoms with Crippen molar-refractivity contribution in [3.63, 3.8) is 0 Å². The van der Waals surface area contributed by atoms with Crippen LogP contribution in [-0.2, 0) is 0 Å². The fraction of sp³-hybridized carbons (Fsp3) is 0. The van der Waals surface area contributed by atoms with E-state index in [1.165, 1.54) is 0 Å². The molecule has 0 aliphatic rings. The molecule has 1 aromatic heterocycles. The Kier molecular flexibility index (Phi) is 3.06. The van der Waals surface area contributed by atoms with E-state index in [9.17, 15) is 0 Å². The van der Waals surface area contributed by atoms with Gasteiger partial charge in [0.15, 0.2) is 0 Å². The molecule has 0 saturated carbocycles. The van der Waals surface area contributed by atoms with Crippen molar-refractivity contribution in [2.75, 3.05) is 0 Å². The van der Waals surface area contributed by atoms with Gasteiger partial charge in [0, 0.05) is 15.4 Å². The van der Waals surface area contributed by atoms with Gasteiger partial charge in [-0.05, 0) is 18.2 Å². The van der Waals surface area contributed by atoms with Gasteiger partial charge in [0.05, 0.1) is 16.2 Å². The number of pyridine rings is 1. The normalized spacial score (nSPS) is 10.8. The van der Waals surface area contributed by atoms with E-state index in [1.54, 1.807) is 0 Å². The number of halogens is 2. The first kappa shape index (κ1) is 11.7. The first-order valence-corrected chi connectivity index (χ1v) is 6.73. The highest BCUT2D eigenvalue weighted by atomic mass is 79.9. The lowest BCUT2D eigenvalue weighted by atomic mass is 10.1. The van der Waals surface area contributed by atoms with Crippen molar-refractivity contribution < 1.29 is 0 Å². The fourth-order valence-corrected chi connectivity index (χ4v) is 2.69. The van der Waals surface area contributed by atoms with Crippen molar-refractivity contribution in [2.24, 2.45) is 0 Å². The third-order valence-electron chi connectivity index (χ3n) is 2.82. The number of para-hydroxylation sites is 1. The van der Waals surface area contributed by atoms with Gasteiger partial charge in [0.2, 0.25) is 0 Å². The summed E-state index contributed by atoms with van der Waals surface area (Å²) < 4.78 is 1.02. The first-order chi connectivity index (χ1) is 8.75. The summed E-state index contributed by atoms with van der Waals surface area (Å²) >= 11 is 9.85. The molecule has 0 bridgehead atoms. The highest BCUT2D eigenvalue weighted by Gasteiger charge is 2.07. The first-order valence-electron chi connectivity index (χ1n) is 5.56. The van der Waals surface area contributed by atoms with Crippen molar-refractivity contribution >= 4 is 38.4 Å². The Hall–Kier alpha value is -1.38. The standard InChI is InChI=1S/C15H9BrClN/c16-12-7-3-1-5-10(12)15-9-13(17)11-6-2-4-8-14(11)18-15/h1-9H. The van der Waals surface area contributed by atoms with E-state index in [0.717, 1.165) is 31.7 Å². The summed E-state index contributed by atoms with van der Waals surface area (Å²) in [7, 11) is 0. The highest BCUT2D eigenvalue weighted by molar-refractivity contribution is 9.10. The van der Waals surface area contributed by atoms with Crippen LogP contribution in [0.4, 0.5) is 0 Å². The molecular formula is C15H9BrClN. The van der Waals surface area contributed by atoms with E-state index < -0.39 is 0 Å². The van der Waals surface area contributed by atoms with E-state index in [2.05, 4.69) is 20.9 Å². The van der Waals surface area contributed by atoms with Crippen molar-refractivity contribution in [1.29, 1.82) is 0 Å². The van der Waals surface area contributed by atoms with Gasteiger partial charge in [0.1, 0.15) is 0 Å². The smallest absolute Gasteiger partial charge is 0.0735 e. The minimum Gasteiger partial charge on any atom is -0.248 e. The molecule has 3 heteroatoms. The van der Waals surface area contributed by atoms with E-state index in [4.69, 9.17) is 11.6 Å². The Morgan fingerprint density at radius 1 is 0.944 bits per heavy atom. The summed E-state index contributed by atoms with van der Waals surface area (Å²) in [5, 5.41) is 1.71. The van der Waals surface area contributed by atoms with Gasteiger partial charge in [-0.15, -0.1) is 0 Å². The molecule has 0 amide bonds. The lowest BCUT2D eigenvalue weighted by molar-refractivity contribution is 1.39. The molecule has 0 spiro atoms. The Morgan fingerprint density at radius 3 is 2.50 bits per heavy atom. The Labute approximate surface area is 119 Å². The summed E-state index contributed by atoms with van der Waals surface area (Å²) in [6, 6.07) is 17.8. The monoisotopic (exact) mass is 317 g/mol. The van der Waals surface area contributed by atoms with Crippen molar-refractivity contribution in [3.05, 3.63) is 64.1 Å². The third kappa shape index (κ3) is 2.02. The van der Waals surface area contributed by atoms with E-state index in [1.807, 2.05) is 54.6 Å². The maximum absolute atomic E-state index is 6.31. The topological polar surface area (TPSA) is 12.9 Å². The van der Waals surface area contributed by atoms with Crippen LogP contribution in [0.1, 0.15) is 0 Å². The van der Waals surface area contributed by atoms with E-state index >= 15 is 0 Å². The number of aromatic nitrogens is 1. The molecule has 18 heavy (non-hydrogen) atoms. The molecule has 0 unspecified atom stereocenters. The molecule has 3 rings (SSSR count). The van der Waals surface area contributed by atoms with Gasteiger partial charge >= 0.3 is 0 Å². The van der Waals surface area contributed by atoms with Crippen LogP contribution >= 0.6 is 27.5 Å². The van der Waals surface area contributed by atoms with Crippen LogP contribution in [0.5, 0.6) is 0 Å². The van der Waals surface area contributed by atoms with Gasteiger partial charge in [-0.3, -0.25) is 0 Å². The zero-order valence-corrected chi connectivity index (χ0v) is 11.7. The van der Waals surface area contributed by atoms with Crippen LogP contribution in [-0.4, -0.2) is 4.98 Å². The third-order valence-corrected chi connectivity index (χ3v) is 3.82. The Morgan fingerprint density at radius 2 is 1.67 bits per heavy atom. The second-order valence-electron chi connectivity index (χ2n) is 3.99. The number of fused-ring (bicyclic) bond motifs is 1. The van der Waals surface area contributed by atoms with Crippen molar-refractivity contribution in [3.8, 4) is 11.3 Å². The SMILES string of the molecule is Clc1cc(-c2ccccc2Br)nc2ccccc12. The van der Waals surface area contributed by atoms with E-state index in [-0.39, 0.29) is 0 Å². The van der Waals surface area contributed by atoms with Gasteiger partial charge in [-0.1, -0.05) is 63.9 Å². The summed E-state index contributed by atoms with van der Waals surface area (Å²) in [6.07, 6.45) is 0. The van der Waals surface area contributed by atoms with Crippen LogP contribution < -0.4 is 0 Å². The van der Waals surface area contributed by atoms with Crippen LogP contribution in [0, 0.1) is 0 Å². The largest absolute Gasteiger partial charge is 0.248 e. The molecule has 0 saturated heterocycles. The maximum atomic E-state index is 6.31. The molecule has 2 aromatic carbocycles. The second kappa shape index (κ2) is 4.71. The zero-order valence-electron chi connectivity index (χ0n) is 9.40. The number of hydrogen-bond acceptors (Lipinski definition) is 1. The molecule has 0 fully saturated rings. The van der Waals surface area contributed by atoms with Crippen LogP contribution in [0.2, 0.25) is 5.02 Å². The van der Waals surface area contributed by atoms with E-state index in [0.29, 0.717) is 0 Å². The Bertz CT molecular complexity index is 725. The molecule has 1 heterocycles. The molecule has 88 valence electrons. The number of hydrogen-bond donors (Lipinski definition) is 0. The van der Waals surface area contributed by atoms with Gasteiger partial charge in [0.25, 0.3) is 0 Å². The number of nitrogens with zero attached hydrogens (tertiary/aromatic N) is 1. The van der Waals surface area contributed by atoms with Crippen molar-refractivity contribution in [2.45, 2.75) is 0 Å². The van der Waals surface area contributed by atoms with Crippen LogP contribution in [0.25, 0.3) is 22.2 Å². The zero-order chi connectivity index (χ0) is 12.5. The quantitative estimate of drug-likeness (QED) is 0.592. The molecular weight excluding hydrogens is 310 g/mol. The van der Waals surface area contributed by atoms with Crippen molar-refractivity contribution in [1.82, 2.24) is 4.98 Å². The van der Waals surface area contributed by atoms with Crippen LogP contribution in [0.15, 0.2) is 59.1 Å². The molecule has 0 radical (unpaired) electrons. The minimum atomic E-state index is 0.728. The maximum Gasteiger partial charge on any atom is 0.0735 e. The molecule has 3 aromatic rings. The lowest BCUT2D eigenvalue weighted by Crippen LogP contribution is -1.87. The summed E-state index contributed by atoms with van der Waals surface area (Å²) in [5.74, 6) is 0. The summed E-state index contributed by atoms with van der Waals surface area (Å²) in [6.45, 7) is 0. The predicted octanol–water partition coefficient (Wildman–Crippen LogP) is 5.32. The predicted molar refractivity (Wildman–Crippen MR) is 79.9 cm³/mol. The van der Waals surface area contributed by atoms with Gasteiger partial charge in [-0.2, -0.15) is 0 Å². The Balaban J connectivity index is 2.28. The van der Waals surface area contributed by atoms with Gasteiger partial charge < -0.3 is 0 Å². The average Bonchev–Trinajstić information content (AvgIpc) is 2.39.